The van der Waals surface area contributed by atoms with Crippen molar-refractivity contribution >= 4 is 17.5 Å². The number of nitrogens with one attached hydrogen (secondary N) is 2. The van der Waals surface area contributed by atoms with E-state index >= 15 is 0 Å². The molecule has 0 saturated heterocycles. The standard InChI is InChI=1S/C19H20N4O2/c1-2-3-4-10-22-19(25)17-12-15(9-11-21-17)18(24)23-16-7-5-14(13-20)6-8-16/h5-9,11-12H,2-4,10H2,1H3,(H,22,25)(H,23,24). The summed E-state index contributed by atoms with van der Waals surface area (Å²) < 4.78 is 0. The molecular weight excluding hydrogens is 316 g/mol. The predicted octanol–water partition coefficient (Wildman–Crippen LogP) is 3.13. The average Bonchev–Trinajstić information content (AvgIpc) is 2.65. The van der Waals surface area contributed by atoms with Crippen LogP contribution in [0.25, 0.3) is 0 Å². The topological polar surface area (TPSA) is 94.9 Å². The smallest absolute Gasteiger partial charge is 0.269 e. The minimum Gasteiger partial charge on any atom is -0.351 e. The number of nitrogens with zero attached hydrogens (tertiary/aromatic N) is 2. The number of amides is 2. The van der Waals surface area contributed by atoms with Crippen molar-refractivity contribution in [2.45, 2.75) is 26.2 Å². The van der Waals surface area contributed by atoms with E-state index in [0.29, 0.717) is 23.4 Å². The molecule has 0 aliphatic heterocycles. The van der Waals surface area contributed by atoms with E-state index in [1.165, 1.54) is 12.3 Å². The van der Waals surface area contributed by atoms with Crippen LogP contribution in [0.3, 0.4) is 0 Å². The molecule has 2 N–H and O–H groups in total. The molecule has 6 heteroatoms. The number of benzene rings is 1. The quantitative estimate of drug-likeness (QED) is 0.759. The third-order valence-electron chi connectivity index (χ3n) is 3.59. The van der Waals surface area contributed by atoms with Crippen molar-refractivity contribution in [1.82, 2.24) is 10.3 Å². The van der Waals surface area contributed by atoms with Gasteiger partial charge < -0.3 is 10.6 Å². The number of pyridine rings is 1. The summed E-state index contributed by atoms with van der Waals surface area (Å²) in [4.78, 5) is 28.4. The fourth-order valence-electron chi connectivity index (χ4n) is 2.19. The predicted molar refractivity (Wildman–Crippen MR) is 95.2 cm³/mol. The molecule has 128 valence electrons. The average molecular weight is 336 g/mol. The number of anilines is 1. The Bertz CT molecular complexity index is 779. The van der Waals surface area contributed by atoms with Crippen LogP contribution in [-0.4, -0.2) is 23.3 Å². The van der Waals surface area contributed by atoms with Crippen molar-refractivity contribution in [3.05, 3.63) is 59.4 Å². The van der Waals surface area contributed by atoms with Crippen LogP contribution in [0.1, 0.15) is 52.6 Å². The summed E-state index contributed by atoms with van der Waals surface area (Å²) in [6, 6.07) is 11.6. The van der Waals surface area contributed by atoms with Crippen molar-refractivity contribution in [3.8, 4) is 6.07 Å². The number of nitriles is 1. The molecule has 0 fully saturated rings. The summed E-state index contributed by atoms with van der Waals surface area (Å²) >= 11 is 0. The van der Waals surface area contributed by atoms with Crippen LogP contribution in [0.5, 0.6) is 0 Å². The maximum absolute atomic E-state index is 12.3. The molecular formula is C19H20N4O2. The Labute approximate surface area is 146 Å². The maximum atomic E-state index is 12.3. The van der Waals surface area contributed by atoms with Crippen LogP contribution in [0.4, 0.5) is 5.69 Å². The molecule has 0 atom stereocenters. The molecule has 1 aromatic heterocycles. The van der Waals surface area contributed by atoms with Gasteiger partial charge in [0, 0.05) is 24.0 Å². The van der Waals surface area contributed by atoms with E-state index in [0.717, 1.165) is 19.3 Å². The van der Waals surface area contributed by atoms with E-state index in [2.05, 4.69) is 22.5 Å². The normalized spacial score (nSPS) is 9.92. The lowest BCUT2D eigenvalue weighted by molar-refractivity contribution is 0.0948. The molecule has 0 spiro atoms. The lowest BCUT2D eigenvalue weighted by Crippen LogP contribution is -2.25. The summed E-state index contributed by atoms with van der Waals surface area (Å²) in [7, 11) is 0. The van der Waals surface area contributed by atoms with Gasteiger partial charge in [-0.15, -0.1) is 0 Å². The highest BCUT2D eigenvalue weighted by atomic mass is 16.2. The molecule has 0 saturated carbocycles. The minimum absolute atomic E-state index is 0.212. The zero-order valence-electron chi connectivity index (χ0n) is 14.1. The molecule has 25 heavy (non-hydrogen) atoms. The van der Waals surface area contributed by atoms with Crippen LogP contribution in [-0.2, 0) is 0 Å². The van der Waals surface area contributed by atoms with Gasteiger partial charge in [0.15, 0.2) is 0 Å². The van der Waals surface area contributed by atoms with Gasteiger partial charge in [-0.05, 0) is 42.8 Å². The van der Waals surface area contributed by atoms with Gasteiger partial charge in [-0.3, -0.25) is 14.6 Å². The second-order valence-corrected chi connectivity index (χ2v) is 5.54. The Balaban J connectivity index is 2.00. The number of hydrogen-bond donors (Lipinski definition) is 2. The highest BCUT2D eigenvalue weighted by Gasteiger charge is 2.12. The number of rotatable bonds is 7. The van der Waals surface area contributed by atoms with Gasteiger partial charge in [-0.25, -0.2) is 0 Å². The molecule has 1 aromatic carbocycles. The number of unbranched alkanes of at least 4 members (excludes halogenated alkanes) is 2. The SMILES string of the molecule is CCCCCNC(=O)c1cc(C(=O)Nc2ccc(C#N)cc2)ccn1. The fraction of sp³-hybridized carbons (Fsp3) is 0.263. The minimum atomic E-state index is -0.341. The van der Waals surface area contributed by atoms with Crippen LogP contribution in [0.15, 0.2) is 42.6 Å². The van der Waals surface area contributed by atoms with Crippen LogP contribution in [0, 0.1) is 11.3 Å². The van der Waals surface area contributed by atoms with Crippen molar-refractivity contribution in [2.24, 2.45) is 0 Å². The highest BCUT2D eigenvalue weighted by molar-refractivity contribution is 6.05. The molecule has 2 aromatic rings. The van der Waals surface area contributed by atoms with Crippen molar-refractivity contribution in [2.75, 3.05) is 11.9 Å². The third kappa shape index (κ3) is 5.43. The summed E-state index contributed by atoms with van der Waals surface area (Å²) in [5, 5.41) is 14.3. The molecule has 0 unspecified atom stereocenters. The molecule has 6 nitrogen and oxygen atoms in total. The maximum Gasteiger partial charge on any atom is 0.269 e. The molecule has 0 aliphatic rings. The first-order chi connectivity index (χ1) is 12.1. The Kier molecular flexibility index (Phi) is 6.66. The van der Waals surface area contributed by atoms with Crippen molar-refractivity contribution in [3.63, 3.8) is 0 Å². The van der Waals surface area contributed by atoms with Crippen molar-refractivity contribution < 1.29 is 9.59 Å². The van der Waals surface area contributed by atoms with E-state index in [-0.39, 0.29) is 17.5 Å². The van der Waals surface area contributed by atoms with Gasteiger partial charge in [0.25, 0.3) is 11.8 Å². The molecule has 2 amide bonds. The van der Waals surface area contributed by atoms with Gasteiger partial charge >= 0.3 is 0 Å². The van der Waals surface area contributed by atoms with Gasteiger partial charge in [0.1, 0.15) is 5.69 Å². The number of aromatic nitrogens is 1. The zero-order valence-corrected chi connectivity index (χ0v) is 14.1. The van der Waals surface area contributed by atoms with Gasteiger partial charge in [-0.2, -0.15) is 5.26 Å². The summed E-state index contributed by atoms with van der Waals surface area (Å²) in [5.41, 5.74) is 1.65. The molecule has 0 aliphatic carbocycles. The van der Waals surface area contributed by atoms with E-state index in [9.17, 15) is 9.59 Å². The van der Waals surface area contributed by atoms with Gasteiger partial charge in [0.05, 0.1) is 11.6 Å². The second-order valence-electron chi connectivity index (χ2n) is 5.54. The van der Waals surface area contributed by atoms with Gasteiger partial charge in [-0.1, -0.05) is 19.8 Å². The number of hydrogen-bond acceptors (Lipinski definition) is 4. The van der Waals surface area contributed by atoms with Crippen molar-refractivity contribution in [1.29, 1.82) is 5.26 Å². The molecule has 0 radical (unpaired) electrons. The van der Waals surface area contributed by atoms with E-state index < -0.39 is 0 Å². The number of carbonyl (C=O) groups excluding carboxylic acids is 2. The summed E-state index contributed by atoms with van der Waals surface area (Å²) in [6.45, 7) is 2.69. The lowest BCUT2D eigenvalue weighted by atomic mass is 10.2. The first kappa shape index (κ1) is 18.1. The zero-order chi connectivity index (χ0) is 18.1. The molecule has 0 bridgehead atoms. The second kappa shape index (κ2) is 9.18. The first-order valence-electron chi connectivity index (χ1n) is 8.20. The summed E-state index contributed by atoms with van der Waals surface area (Å²) in [6.07, 6.45) is 4.50. The van der Waals surface area contributed by atoms with Crippen LogP contribution >= 0.6 is 0 Å². The Morgan fingerprint density at radius 3 is 2.56 bits per heavy atom. The third-order valence-corrected chi connectivity index (χ3v) is 3.59. The molecule has 1 heterocycles. The largest absolute Gasteiger partial charge is 0.351 e. The Hall–Kier alpha value is -3.20. The van der Waals surface area contributed by atoms with E-state index in [1.807, 2.05) is 6.07 Å². The fourth-order valence-corrected chi connectivity index (χ4v) is 2.19. The lowest BCUT2D eigenvalue weighted by Gasteiger charge is -2.07. The molecule has 2 rings (SSSR count). The van der Waals surface area contributed by atoms with Gasteiger partial charge in [0.2, 0.25) is 0 Å². The number of carbonyl (C=O) groups is 2. The van der Waals surface area contributed by atoms with E-state index in [4.69, 9.17) is 5.26 Å². The summed E-state index contributed by atoms with van der Waals surface area (Å²) in [5.74, 6) is -0.628. The monoisotopic (exact) mass is 336 g/mol. The Morgan fingerprint density at radius 1 is 1.12 bits per heavy atom. The first-order valence-corrected chi connectivity index (χ1v) is 8.20. The van der Waals surface area contributed by atoms with Crippen LogP contribution < -0.4 is 10.6 Å². The highest BCUT2D eigenvalue weighted by Crippen LogP contribution is 2.11. The van der Waals surface area contributed by atoms with Crippen LogP contribution in [0.2, 0.25) is 0 Å². The van der Waals surface area contributed by atoms with E-state index in [1.54, 1.807) is 30.3 Å². The Morgan fingerprint density at radius 2 is 1.88 bits per heavy atom.